The van der Waals surface area contributed by atoms with Gasteiger partial charge in [-0.05, 0) is 30.5 Å². The fraction of sp³-hybridized carbons (Fsp3) is 0.529. The molecule has 0 spiro atoms. The van der Waals surface area contributed by atoms with Crippen LogP contribution < -0.4 is 10.6 Å². The van der Waals surface area contributed by atoms with Gasteiger partial charge in [0.1, 0.15) is 0 Å². The predicted molar refractivity (Wildman–Crippen MR) is 91.4 cm³/mol. The van der Waals surface area contributed by atoms with Crippen molar-refractivity contribution in [2.75, 3.05) is 46.2 Å². The molecule has 2 N–H and O–H groups in total. The molecule has 0 aliphatic carbocycles. The molecule has 0 atom stereocenters. The van der Waals surface area contributed by atoms with Crippen LogP contribution in [-0.2, 0) is 20.7 Å². The molecule has 0 aromatic heterocycles. The van der Waals surface area contributed by atoms with Gasteiger partial charge in [-0.1, -0.05) is 12.1 Å². The Morgan fingerprint density at radius 2 is 2.04 bits per heavy atom. The van der Waals surface area contributed by atoms with Gasteiger partial charge in [0.25, 0.3) is 0 Å². The normalized spacial score (nSPS) is 10.2. The van der Waals surface area contributed by atoms with Crippen LogP contribution in [0.4, 0.5) is 5.69 Å². The van der Waals surface area contributed by atoms with Gasteiger partial charge in [-0.2, -0.15) is 0 Å². The third-order valence-electron chi connectivity index (χ3n) is 3.35. The average Bonchev–Trinajstić information content (AvgIpc) is 2.55. The molecule has 0 saturated carbocycles. The highest BCUT2D eigenvalue weighted by molar-refractivity contribution is 5.80. The number of benzene rings is 1. The number of rotatable bonds is 10. The van der Waals surface area contributed by atoms with E-state index in [0.717, 1.165) is 17.7 Å². The summed E-state index contributed by atoms with van der Waals surface area (Å²) in [4.78, 5) is 24.9. The highest BCUT2D eigenvalue weighted by atomic mass is 16.5. The smallest absolute Gasteiger partial charge is 0.239 e. The summed E-state index contributed by atoms with van der Waals surface area (Å²) in [7, 11) is 5.15. The first kappa shape index (κ1) is 19.0. The van der Waals surface area contributed by atoms with E-state index in [1.165, 1.54) is 0 Å². The lowest BCUT2D eigenvalue weighted by atomic mass is 10.1. The molecule has 1 aromatic carbocycles. The van der Waals surface area contributed by atoms with Gasteiger partial charge in [-0.3, -0.25) is 9.59 Å². The van der Waals surface area contributed by atoms with Crippen LogP contribution in [-0.4, -0.2) is 57.6 Å². The fourth-order valence-electron chi connectivity index (χ4n) is 2.00. The number of nitrogens with zero attached hydrogens (tertiary/aromatic N) is 1. The molecule has 23 heavy (non-hydrogen) atoms. The van der Waals surface area contributed by atoms with Crippen LogP contribution in [0.25, 0.3) is 0 Å². The first-order valence-electron chi connectivity index (χ1n) is 7.81. The second-order valence-electron chi connectivity index (χ2n) is 5.54. The topological polar surface area (TPSA) is 70.7 Å². The van der Waals surface area contributed by atoms with E-state index in [1.54, 1.807) is 26.1 Å². The zero-order chi connectivity index (χ0) is 17.1. The van der Waals surface area contributed by atoms with Gasteiger partial charge in [0, 0.05) is 46.5 Å². The van der Waals surface area contributed by atoms with E-state index in [9.17, 15) is 9.59 Å². The van der Waals surface area contributed by atoms with Crippen molar-refractivity contribution in [1.82, 2.24) is 10.2 Å². The van der Waals surface area contributed by atoms with Crippen LogP contribution >= 0.6 is 0 Å². The van der Waals surface area contributed by atoms with Crippen molar-refractivity contribution in [2.45, 2.75) is 19.3 Å². The van der Waals surface area contributed by atoms with Gasteiger partial charge < -0.3 is 20.3 Å². The largest absolute Gasteiger partial charge is 0.385 e. The molecule has 0 aliphatic rings. The molecule has 0 saturated heterocycles. The lowest BCUT2D eigenvalue weighted by molar-refractivity contribution is -0.128. The highest BCUT2D eigenvalue weighted by Gasteiger charge is 2.05. The molecule has 0 radical (unpaired) electrons. The Bertz CT molecular complexity index is 504. The molecule has 0 aliphatic heterocycles. The quantitative estimate of drug-likeness (QED) is 0.637. The van der Waals surface area contributed by atoms with Gasteiger partial charge in [0.2, 0.25) is 11.8 Å². The van der Waals surface area contributed by atoms with E-state index in [-0.39, 0.29) is 18.4 Å². The predicted octanol–water partition coefficient (Wildman–Crippen LogP) is 1.27. The second kappa shape index (κ2) is 10.6. The van der Waals surface area contributed by atoms with E-state index >= 15 is 0 Å². The van der Waals surface area contributed by atoms with Crippen molar-refractivity contribution in [3.63, 3.8) is 0 Å². The number of nitrogens with one attached hydrogen (secondary N) is 2. The number of ether oxygens (including phenoxy) is 1. The fourth-order valence-corrected chi connectivity index (χ4v) is 2.00. The summed E-state index contributed by atoms with van der Waals surface area (Å²) in [6.07, 6.45) is 1.98. The van der Waals surface area contributed by atoms with Crippen LogP contribution in [0.15, 0.2) is 24.3 Å². The standard InChI is InChI=1S/C17H27N3O3/c1-20(2)17(22)9-8-14-6-4-7-15(12-14)19-13-16(21)18-10-5-11-23-3/h4,6-7,12,19H,5,8-11,13H2,1-3H3,(H,18,21). The number of amides is 2. The molecule has 1 rings (SSSR count). The number of hydrogen-bond donors (Lipinski definition) is 2. The van der Waals surface area contributed by atoms with Gasteiger partial charge in [-0.15, -0.1) is 0 Å². The number of methoxy groups -OCH3 is 1. The molecule has 6 heteroatoms. The number of carbonyl (C=O) groups is 2. The van der Waals surface area contributed by atoms with E-state index in [0.29, 0.717) is 26.0 Å². The van der Waals surface area contributed by atoms with Crippen LogP contribution in [0.1, 0.15) is 18.4 Å². The van der Waals surface area contributed by atoms with Crippen molar-refractivity contribution >= 4 is 17.5 Å². The Hall–Kier alpha value is -2.08. The first-order chi connectivity index (χ1) is 11.0. The summed E-state index contributed by atoms with van der Waals surface area (Å²) in [5.41, 5.74) is 1.96. The second-order valence-corrected chi connectivity index (χ2v) is 5.54. The molecule has 128 valence electrons. The molecule has 0 unspecified atom stereocenters. The minimum absolute atomic E-state index is 0.0470. The Balaban J connectivity index is 2.36. The molecule has 6 nitrogen and oxygen atoms in total. The van der Waals surface area contributed by atoms with Crippen molar-refractivity contribution < 1.29 is 14.3 Å². The lowest BCUT2D eigenvalue weighted by Crippen LogP contribution is -2.31. The van der Waals surface area contributed by atoms with Gasteiger partial charge in [-0.25, -0.2) is 0 Å². The third-order valence-corrected chi connectivity index (χ3v) is 3.35. The minimum atomic E-state index is -0.0470. The number of hydrogen-bond acceptors (Lipinski definition) is 4. The average molecular weight is 321 g/mol. The molecular formula is C17H27N3O3. The van der Waals surface area contributed by atoms with E-state index in [4.69, 9.17) is 4.74 Å². The molecule has 1 aromatic rings. The van der Waals surface area contributed by atoms with Crippen LogP contribution in [0.5, 0.6) is 0 Å². The van der Waals surface area contributed by atoms with Gasteiger partial charge in [0.05, 0.1) is 6.54 Å². The van der Waals surface area contributed by atoms with Gasteiger partial charge in [0.15, 0.2) is 0 Å². The zero-order valence-corrected chi connectivity index (χ0v) is 14.2. The molecular weight excluding hydrogens is 294 g/mol. The van der Waals surface area contributed by atoms with Crippen molar-refractivity contribution in [1.29, 1.82) is 0 Å². The maximum atomic E-state index is 11.7. The van der Waals surface area contributed by atoms with Crippen LogP contribution in [0.2, 0.25) is 0 Å². The molecule has 2 amide bonds. The van der Waals surface area contributed by atoms with E-state index in [2.05, 4.69) is 10.6 Å². The monoisotopic (exact) mass is 321 g/mol. The van der Waals surface area contributed by atoms with Crippen molar-refractivity contribution in [2.24, 2.45) is 0 Å². The number of anilines is 1. The summed E-state index contributed by atoms with van der Waals surface area (Å²) >= 11 is 0. The summed E-state index contributed by atoms with van der Waals surface area (Å²) < 4.78 is 4.93. The molecule has 0 heterocycles. The Kier molecular flexibility index (Phi) is 8.75. The Morgan fingerprint density at radius 3 is 2.74 bits per heavy atom. The third kappa shape index (κ3) is 8.21. The number of aryl methyl sites for hydroxylation is 1. The summed E-state index contributed by atoms with van der Waals surface area (Å²) in [6, 6.07) is 7.80. The van der Waals surface area contributed by atoms with E-state index in [1.807, 2.05) is 24.3 Å². The van der Waals surface area contributed by atoms with Crippen molar-refractivity contribution in [3.8, 4) is 0 Å². The van der Waals surface area contributed by atoms with Crippen molar-refractivity contribution in [3.05, 3.63) is 29.8 Å². The summed E-state index contributed by atoms with van der Waals surface area (Å²) in [5.74, 6) is 0.0630. The lowest BCUT2D eigenvalue weighted by Gasteiger charge is -2.11. The SMILES string of the molecule is COCCCNC(=O)CNc1cccc(CCC(=O)N(C)C)c1. The Labute approximate surface area is 138 Å². The maximum absolute atomic E-state index is 11.7. The highest BCUT2D eigenvalue weighted by Crippen LogP contribution is 2.12. The molecule has 0 bridgehead atoms. The maximum Gasteiger partial charge on any atom is 0.239 e. The Morgan fingerprint density at radius 1 is 1.26 bits per heavy atom. The van der Waals surface area contributed by atoms with Crippen LogP contribution in [0, 0.1) is 0 Å². The first-order valence-corrected chi connectivity index (χ1v) is 7.81. The summed E-state index contributed by atoms with van der Waals surface area (Å²) in [6.45, 7) is 1.48. The van der Waals surface area contributed by atoms with E-state index < -0.39 is 0 Å². The summed E-state index contributed by atoms with van der Waals surface area (Å²) in [5, 5.41) is 5.92. The van der Waals surface area contributed by atoms with Crippen LogP contribution in [0.3, 0.4) is 0 Å². The van der Waals surface area contributed by atoms with Gasteiger partial charge >= 0.3 is 0 Å². The number of carbonyl (C=O) groups excluding carboxylic acids is 2. The molecule has 0 fully saturated rings. The minimum Gasteiger partial charge on any atom is -0.385 e. The zero-order valence-electron chi connectivity index (χ0n) is 14.2.